The quantitative estimate of drug-likeness (QED) is 0.503. The maximum Gasteiger partial charge on any atom is 0.412 e. The number of hydrogen-bond acceptors (Lipinski definition) is 5. The second-order valence-electron chi connectivity index (χ2n) is 5.85. The molecule has 0 saturated heterocycles. The van der Waals surface area contributed by atoms with Crippen molar-refractivity contribution in [1.82, 2.24) is 10.6 Å². The maximum absolute atomic E-state index is 11.8. The summed E-state index contributed by atoms with van der Waals surface area (Å²) in [5, 5.41) is 8.65. The van der Waals surface area contributed by atoms with E-state index in [9.17, 15) is 9.59 Å². The molecule has 7 heteroatoms. The summed E-state index contributed by atoms with van der Waals surface area (Å²) in [4.78, 5) is 23.5. The van der Waals surface area contributed by atoms with Crippen LogP contribution in [0, 0.1) is 0 Å². The highest BCUT2D eigenvalue weighted by Gasteiger charge is 2.14. The van der Waals surface area contributed by atoms with Crippen LogP contribution in [0.25, 0.3) is 0 Å². The molecule has 0 spiro atoms. The third-order valence-electron chi connectivity index (χ3n) is 3.60. The molecule has 0 fully saturated rings. The van der Waals surface area contributed by atoms with Crippen molar-refractivity contribution < 1.29 is 19.1 Å². The molecule has 2 amide bonds. The van der Waals surface area contributed by atoms with E-state index in [2.05, 4.69) is 17.6 Å². The SMILES string of the molecule is CCCCCCCCNC(=O)Oc1cscc1OC(=O)NCCCC. The van der Waals surface area contributed by atoms with Crippen molar-refractivity contribution in [3.8, 4) is 11.5 Å². The fourth-order valence-electron chi connectivity index (χ4n) is 2.16. The van der Waals surface area contributed by atoms with Crippen LogP contribution in [0.3, 0.4) is 0 Å². The van der Waals surface area contributed by atoms with E-state index >= 15 is 0 Å². The Balaban J connectivity index is 2.24. The standard InChI is InChI=1S/C18H30N2O4S/c1-3-5-7-8-9-10-12-20-18(22)24-16-14-25-13-15(16)23-17(21)19-11-6-4-2/h13-14H,3-12H2,1-2H3,(H,19,21)(H,20,22). The van der Waals surface area contributed by atoms with Gasteiger partial charge in [-0.3, -0.25) is 0 Å². The Hall–Kier alpha value is -1.76. The summed E-state index contributed by atoms with van der Waals surface area (Å²) in [5.41, 5.74) is 0. The molecule has 0 atom stereocenters. The second-order valence-corrected chi connectivity index (χ2v) is 6.60. The Morgan fingerprint density at radius 3 is 1.84 bits per heavy atom. The Bertz CT molecular complexity index is 505. The number of carbonyl (C=O) groups is 2. The molecule has 1 rings (SSSR count). The third kappa shape index (κ3) is 9.96. The van der Waals surface area contributed by atoms with Crippen LogP contribution in [0.2, 0.25) is 0 Å². The first-order chi connectivity index (χ1) is 12.2. The smallest absolute Gasteiger partial charge is 0.405 e. The van der Waals surface area contributed by atoms with Crippen molar-refractivity contribution in [3.63, 3.8) is 0 Å². The van der Waals surface area contributed by atoms with Crippen molar-refractivity contribution in [2.24, 2.45) is 0 Å². The van der Waals surface area contributed by atoms with Gasteiger partial charge < -0.3 is 20.1 Å². The van der Waals surface area contributed by atoms with Crippen LogP contribution in [-0.2, 0) is 0 Å². The van der Waals surface area contributed by atoms with Crippen LogP contribution in [-0.4, -0.2) is 25.3 Å². The number of carbonyl (C=O) groups excluding carboxylic acids is 2. The van der Waals surface area contributed by atoms with Gasteiger partial charge in [0, 0.05) is 23.8 Å². The van der Waals surface area contributed by atoms with Crippen LogP contribution < -0.4 is 20.1 Å². The summed E-state index contributed by atoms with van der Waals surface area (Å²) < 4.78 is 10.4. The fourth-order valence-corrected chi connectivity index (χ4v) is 2.80. The molecule has 142 valence electrons. The minimum atomic E-state index is -0.538. The molecule has 0 aromatic carbocycles. The molecule has 6 nitrogen and oxygen atoms in total. The topological polar surface area (TPSA) is 76.7 Å². The van der Waals surface area contributed by atoms with E-state index in [1.54, 1.807) is 10.8 Å². The van der Waals surface area contributed by atoms with Gasteiger partial charge in [-0.15, -0.1) is 11.3 Å². The van der Waals surface area contributed by atoms with Gasteiger partial charge in [-0.2, -0.15) is 0 Å². The molecule has 2 N–H and O–H groups in total. The fraction of sp³-hybridized carbons (Fsp3) is 0.667. The second kappa shape index (κ2) is 13.5. The zero-order chi connectivity index (χ0) is 18.3. The average Bonchev–Trinajstić information content (AvgIpc) is 3.01. The van der Waals surface area contributed by atoms with Crippen molar-refractivity contribution in [3.05, 3.63) is 10.8 Å². The van der Waals surface area contributed by atoms with Gasteiger partial charge in [0.2, 0.25) is 0 Å². The van der Waals surface area contributed by atoms with E-state index in [4.69, 9.17) is 9.47 Å². The molecule has 0 unspecified atom stereocenters. The summed E-state index contributed by atoms with van der Waals surface area (Å²) in [6.45, 7) is 5.38. The van der Waals surface area contributed by atoms with E-state index in [0.29, 0.717) is 13.1 Å². The van der Waals surface area contributed by atoms with Gasteiger partial charge in [0.05, 0.1) is 0 Å². The number of rotatable bonds is 12. The van der Waals surface area contributed by atoms with Gasteiger partial charge in [-0.25, -0.2) is 9.59 Å². The van der Waals surface area contributed by atoms with Gasteiger partial charge in [0.15, 0.2) is 11.5 Å². The van der Waals surface area contributed by atoms with E-state index in [0.717, 1.165) is 25.7 Å². The zero-order valence-corrected chi connectivity index (χ0v) is 16.1. The highest BCUT2D eigenvalue weighted by molar-refractivity contribution is 7.08. The molecule has 0 aliphatic carbocycles. The Kier molecular flexibility index (Phi) is 11.5. The molecule has 1 aromatic rings. The van der Waals surface area contributed by atoms with Crippen molar-refractivity contribution in [2.75, 3.05) is 13.1 Å². The summed E-state index contributed by atoms with van der Waals surface area (Å²) in [6.07, 6.45) is 7.80. The first-order valence-corrected chi connectivity index (χ1v) is 10.1. The molecule has 1 heterocycles. The highest BCUT2D eigenvalue weighted by atomic mass is 32.1. The molecule has 0 aliphatic heterocycles. The van der Waals surface area contributed by atoms with E-state index in [1.165, 1.54) is 37.0 Å². The van der Waals surface area contributed by atoms with Crippen molar-refractivity contribution in [2.45, 2.75) is 65.2 Å². The highest BCUT2D eigenvalue weighted by Crippen LogP contribution is 2.31. The Morgan fingerprint density at radius 2 is 1.28 bits per heavy atom. The van der Waals surface area contributed by atoms with Crippen molar-refractivity contribution >= 4 is 23.5 Å². The molecule has 25 heavy (non-hydrogen) atoms. The minimum Gasteiger partial charge on any atom is -0.405 e. The zero-order valence-electron chi connectivity index (χ0n) is 15.3. The molecular weight excluding hydrogens is 340 g/mol. The summed E-state index contributed by atoms with van der Waals surface area (Å²) >= 11 is 1.31. The number of hydrogen-bond donors (Lipinski definition) is 2. The number of unbranched alkanes of at least 4 members (excludes halogenated alkanes) is 6. The van der Waals surface area contributed by atoms with E-state index in [1.807, 2.05) is 6.92 Å². The molecule has 0 saturated carbocycles. The lowest BCUT2D eigenvalue weighted by Crippen LogP contribution is -2.29. The van der Waals surface area contributed by atoms with Gasteiger partial charge in [-0.05, 0) is 12.8 Å². The van der Waals surface area contributed by atoms with E-state index in [-0.39, 0.29) is 11.5 Å². The van der Waals surface area contributed by atoms with Gasteiger partial charge in [0.1, 0.15) is 0 Å². The lowest BCUT2D eigenvalue weighted by atomic mass is 10.1. The number of ether oxygens (including phenoxy) is 2. The molecule has 1 aromatic heterocycles. The number of amides is 2. The molecule has 0 aliphatic rings. The lowest BCUT2D eigenvalue weighted by molar-refractivity contribution is 0.190. The van der Waals surface area contributed by atoms with Crippen LogP contribution >= 0.6 is 11.3 Å². The van der Waals surface area contributed by atoms with Crippen molar-refractivity contribution in [1.29, 1.82) is 0 Å². The first-order valence-electron chi connectivity index (χ1n) is 9.14. The summed E-state index contributed by atoms with van der Waals surface area (Å²) in [6, 6.07) is 0. The molecular formula is C18H30N2O4S. The van der Waals surface area contributed by atoms with Gasteiger partial charge in [0.25, 0.3) is 0 Å². The normalized spacial score (nSPS) is 10.3. The monoisotopic (exact) mass is 370 g/mol. The van der Waals surface area contributed by atoms with Crippen LogP contribution in [0.1, 0.15) is 65.2 Å². The minimum absolute atomic E-state index is 0.258. The third-order valence-corrected chi connectivity index (χ3v) is 4.30. The molecule has 0 radical (unpaired) electrons. The Labute approximate surface area is 154 Å². The molecule has 0 bridgehead atoms. The lowest BCUT2D eigenvalue weighted by Gasteiger charge is -2.08. The number of thiophene rings is 1. The summed E-state index contributed by atoms with van der Waals surface area (Å²) in [7, 11) is 0. The number of nitrogens with one attached hydrogen (secondary N) is 2. The summed E-state index contributed by atoms with van der Waals surface area (Å²) in [5.74, 6) is 0.518. The van der Waals surface area contributed by atoms with Gasteiger partial charge in [-0.1, -0.05) is 52.4 Å². The largest absolute Gasteiger partial charge is 0.412 e. The predicted molar refractivity (Wildman–Crippen MR) is 101 cm³/mol. The average molecular weight is 371 g/mol. The van der Waals surface area contributed by atoms with Crippen LogP contribution in [0.4, 0.5) is 9.59 Å². The Morgan fingerprint density at radius 1 is 0.800 bits per heavy atom. The van der Waals surface area contributed by atoms with Gasteiger partial charge >= 0.3 is 12.2 Å². The van der Waals surface area contributed by atoms with Crippen LogP contribution in [0.15, 0.2) is 10.8 Å². The predicted octanol–water partition coefficient (Wildman–Crippen LogP) is 5.09. The first kappa shape index (κ1) is 21.3. The van der Waals surface area contributed by atoms with Crippen LogP contribution in [0.5, 0.6) is 11.5 Å². The maximum atomic E-state index is 11.8. The van der Waals surface area contributed by atoms with E-state index < -0.39 is 12.2 Å².